The van der Waals surface area contributed by atoms with E-state index >= 15 is 0 Å². The molecule has 1 amide bonds. The first-order chi connectivity index (χ1) is 15.9. The number of aromatic nitrogens is 3. The molecule has 0 spiro atoms. The minimum atomic E-state index is -0.599. The molecule has 1 saturated carbocycles. The van der Waals surface area contributed by atoms with E-state index in [0.717, 1.165) is 25.3 Å². The Morgan fingerprint density at radius 1 is 1.12 bits per heavy atom. The predicted molar refractivity (Wildman–Crippen MR) is 118 cm³/mol. The molecule has 0 unspecified atom stereocenters. The minimum absolute atomic E-state index is 0.00237. The van der Waals surface area contributed by atoms with Crippen LogP contribution in [0.2, 0.25) is 10.0 Å². The summed E-state index contributed by atoms with van der Waals surface area (Å²) in [5.41, 5.74) is -0.344. The summed E-state index contributed by atoms with van der Waals surface area (Å²) < 4.78 is 30.1. The van der Waals surface area contributed by atoms with Crippen LogP contribution in [0, 0.1) is 5.82 Å². The van der Waals surface area contributed by atoms with Gasteiger partial charge in [-0.15, -0.1) is 10.2 Å². The van der Waals surface area contributed by atoms with Crippen LogP contribution < -0.4 is 14.8 Å². The number of benzene rings is 1. The van der Waals surface area contributed by atoms with E-state index in [1.165, 1.54) is 18.3 Å². The second kappa shape index (κ2) is 10.4. The summed E-state index contributed by atoms with van der Waals surface area (Å²) in [7, 11) is 0. The fourth-order valence-corrected chi connectivity index (χ4v) is 3.78. The number of halogens is 3. The molecule has 0 aliphatic heterocycles. The average molecular weight is 495 g/mol. The number of aryl methyl sites for hydroxylation is 1. The number of ether oxygens (including phenoxy) is 2. The number of nitrogens with one attached hydrogen (secondary N) is 1. The van der Waals surface area contributed by atoms with Crippen LogP contribution in [0.25, 0.3) is 0 Å². The topological polar surface area (TPSA) is 99.4 Å². The fourth-order valence-electron chi connectivity index (χ4n) is 3.50. The van der Waals surface area contributed by atoms with Crippen LogP contribution in [-0.2, 0) is 17.8 Å². The molecule has 174 valence electrons. The van der Waals surface area contributed by atoms with E-state index in [4.69, 9.17) is 37.1 Å². The highest BCUT2D eigenvalue weighted by atomic mass is 35.5. The van der Waals surface area contributed by atoms with Crippen molar-refractivity contribution in [3.63, 3.8) is 0 Å². The van der Waals surface area contributed by atoms with Crippen LogP contribution in [0.15, 0.2) is 41.1 Å². The monoisotopic (exact) mass is 494 g/mol. The van der Waals surface area contributed by atoms with Gasteiger partial charge in [0.2, 0.25) is 5.89 Å². The predicted octanol–water partition coefficient (Wildman–Crippen LogP) is 4.54. The lowest BCUT2D eigenvalue weighted by atomic mass is 9.73. The van der Waals surface area contributed by atoms with Crippen LogP contribution in [-0.4, -0.2) is 33.2 Å². The zero-order valence-corrected chi connectivity index (χ0v) is 19.0. The molecule has 2 aromatic heterocycles. The summed E-state index contributed by atoms with van der Waals surface area (Å²) in [6, 6.07) is 5.68. The third kappa shape index (κ3) is 6.33. The van der Waals surface area contributed by atoms with Gasteiger partial charge in [0.1, 0.15) is 17.3 Å². The Kier molecular flexibility index (Phi) is 7.29. The number of rotatable bonds is 10. The molecule has 1 aliphatic rings. The number of amides is 1. The molecule has 1 fully saturated rings. The van der Waals surface area contributed by atoms with Crippen LogP contribution >= 0.6 is 23.2 Å². The zero-order chi connectivity index (χ0) is 23.3. The van der Waals surface area contributed by atoms with Crippen molar-refractivity contribution in [2.75, 3.05) is 6.61 Å². The van der Waals surface area contributed by atoms with E-state index in [1.807, 2.05) is 0 Å². The maximum Gasteiger partial charge on any atom is 0.258 e. The van der Waals surface area contributed by atoms with Gasteiger partial charge in [0.05, 0.1) is 16.2 Å². The first kappa shape index (κ1) is 23.3. The lowest BCUT2D eigenvalue weighted by Gasteiger charge is -2.42. The van der Waals surface area contributed by atoms with E-state index in [1.54, 1.807) is 12.3 Å². The lowest BCUT2D eigenvalue weighted by Crippen LogP contribution is -2.54. The van der Waals surface area contributed by atoms with E-state index in [2.05, 4.69) is 20.5 Å². The van der Waals surface area contributed by atoms with Crippen molar-refractivity contribution in [3.05, 3.63) is 64.3 Å². The molecule has 8 nitrogen and oxygen atoms in total. The highest BCUT2D eigenvalue weighted by Crippen LogP contribution is 2.36. The van der Waals surface area contributed by atoms with Gasteiger partial charge < -0.3 is 19.2 Å². The highest BCUT2D eigenvalue weighted by Gasteiger charge is 2.38. The van der Waals surface area contributed by atoms with Gasteiger partial charge in [0, 0.05) is 30.3 Å². The van der Waals surface area contributed by atoms with Gasteiger partial charge in [-0.25, -0.2) is 4.39 Å². The van der Waals surface area contributed by atoms with Crippen LogP contribution in [0.4, 0.5) is 4.39 Å². The van der Waals surface area contributed by atoms with E-state index in [0.29, 0.717) is 35.4 Å². The number of carbonyl (C=O) groups excluding carboxylic acids is 1. The van der Waals surface area contributed by atoms with Crippen LogP contribution in [0.3, 0.4) is 0 Å². The molecular formula is C22H21Cl2FN4O4. The number of nitrogens with zero attached hydrogens (tertiary/aromatic N) is 3. The molecule has 0 atom stereocenters. The van der Waals surface area contributed by atoms with Crippen molar-refractivity contribution >= 4 is 29.1 Å². The summed E-state index contributed by atoms with van der Waals surface area (Å²) in [6.07, 6.45) is 6.92. The van der Waals surface area contributed by atoms with Crippen molar-refractivity contribution < 1.29 is 23.1 Å². The summed E-state index contributed by atoms with van der Waals surface area (Å²) >= 11 is 11.5. The Bertz CT molecular complexity index is 1120. The normalized spacial score (nSPS) is 14.4. The largest absolute Gasteiger partial charge is 0.484 e. The van der Waals surface area contributed by atoms with Gasteiger partial charge >= 0.3 is 0 Å². The van der Waals surface area contributed by atoms with Crippen LogP contribution in [0.5, 0.6) is 11.5 Å². The van der Waals surface area contributed by atoms with Gasteiger partial charge in [0.15, 0.2) is 13.2 Å². The number of carbonyl (C=O) groups is 1. The van der Waals surface area contributed by atoms with Crippen molar-refractivity contribution in [3.8, 4) is 11.5 Å². The van der Waals surface area contributed by atoms with Crippen molar-refractivity contribution in [2.24, 2.45) is 0 Å². The molecule has 0 saturated heterocycles. The molecule has 0 bridgehead atoms. The highest BCUT2D eigenvalue weighted by molar-refractivity contribution is 6.30. The van der Waals surface area contributed by atoms with E-state index < -0.39 is 5.82 Å². The maximum absolute atomic E-state index is 13.5. The summed E-state index contributed by atoms with van der Waals surface area (Å²) in [6.45, 7) is -0.122. The smallest absolute Gasteiger partial charge is 0.258 e. The second-order valence-corrected chi connectivity index (χ2v) is 8.61. The molecule has 0 radical (unpaired) electrons. The van der Waals surface area contributed by atoms with Gasteiger partial charge in [0.25, 0.3) is 11.8 Å². The van der Waals surface area contributed by atoms with Gasteiger partial charge in [-0.3, -0.25) is 9.78 Å². The summed E-state index contributed by atoms with van der Waals surface area (Å²) in [4.78, 5) is 16.3. The number of hydrogen-bond acceptors (Lipinski definition) is 7. The van der Waals surface area contributed by atoms with E-state index in [9.17, 15) is 9.18 Å². The Morgan fingerprint density at radius 2 is 1.94 bits per heavy atom. The Hall–Kier alpha value is -2.91. The Morgan fingerprint density at radius 3 is 2.67 bits per heavy atom. The lowest BCUT2D eigenvalue weighted by molar-refractivity contribution is -0.126. The SMILES string of the molecule is O=C(COc1ccc(Cl)c(F)c1)NC1(CCc2nnc(COc3cncc(Cl)c3)o2)CCC1. The van der Waals surface area contributed by atoms with Crippen molar-refractivity contribution in [1.82, 2.24) is 20.5 Å². The van der Waals surface area contributed by atoms with Crippen LogP contribution in [0.1, 0.15) is 37.5 Å². The summed E-state index contributed by atoms with van der Waals surface area (Å²) in [5, 5.41) is 11.6. The summed E-state index contributed by atoms with van der Waals surface area (Å²) in [5.74, 6) is 0.663. The first-order valence-corrected chi connectivity index (χ1v) is 11.1. The average Bonchev–Trinajstić information content (AvgIpc) is 3.23. The Labute approximate surface area is 199 Å². The van der Waals surface area contributed by atoms with Crippen molar-refractivity contribution in [2.45, 2.75) is 44.2 Å². The molecular weight excluding hydrogens is 474 g/mol. The third-order valence-corrected chi connectivity index (χ3v) is 5.86. The fraction of sp³-hybridized carbons (Fsp3) is 0.364. The molecule has 11 heteroatoms. The first-order valence-electron chi connectivity index (χ1n) is 10.3. The van der Waals surface area contributed by atoms with Crippen molar-refractivity contribution in [1.29, 1.82) is 0 Å². The molecule has 3 aromatic rings. The molecule has 4 rings (SSSR count). The Balaban J connectivity index is 1.24. The second-order valence-electron chi connectivity index (χ2n) is 7.76. The standard InChI is InChI=1S/C22H21Cl2FN4O4/c23-14-8-16(11-26-10-14)32-13-21-29-28-20(33-21)4-7-22(5-1-6-22)27-19(30)12-31-15-2-3-17(24)18(25)9-15/h2-3,8-11H,1,4-7,12-13H2,(H,27,30). The number of hydrogen-bond donors (Lipinski definition) is 1. The van der Waals surface area contributed by atoms with E-state index in [-0.39, 0.29) is 35.4 Å². The maximum atomic E-state index is 13.5. The molecule has 1 N–H and O–H groups in total. The quantitative estimate of drug-likeness (QED) is 0.441. The van der Waals surface area contributed by atoms with Gasteiger partial charge in [-0.2, -0.15) is 0 Å². The zero-order valence-electron chi connectivity index (χ0n) is 17.5. The van der Waals surface area contributed by atoms with Gasteiger partial charge in [-0.05, 0) is 37.8 Å². The molecule has 2 heterocycles. The van der Waals surface area contributed by atoms with Gasteiger partial charge in [-0.1, -0.05) is 23.2 Å². The minimum Gasteiger partial charge on any atom is -0.484 e. The molecule has 1 aromatic carbocycles. The number of pyridine rings is 1. The molecule has 1 aliphatic carbocycles. The third-order valence-electron chi connectivity index (χ3n) is 5.34. The molecule has 33 heavy (non-hydrogen) atoms.